The molecule has 1 amide bonds. The van der Waals surface area contributed by atoms with Crippen LogP contribution in [0.5, 0.6) is 5.75 Å². The van der Waals surface area contributed by atoms with E-state index in [1.165, 1.54) is 12.3 Å². The van der Waals surface area contributed by atoms with Crippen molar-refractivity contribution >= 4 is 44.2 Å². The lowest BCUT2D eigenvalue weighted by atomic mass is 10.2. The Kier molecular flexibility index (Phi) is 5.43. The van der Waals surface area contributed by atoms with Gasteiger partial charge in [0.15, 0.2) is 0 Å². The Morgan fingerprint density at radius 3 is 2.88 bits per heavy atom. The summed E-state index contributed by atoms with van der Waals surface area (Å²) in [6.07, 6.45) is 0.772. The number of hydrazone groups is 1. The minimum Gasteiger partial charge on any atom is -0.507 e. The van der Waals surface area contributed by atoms with Crippen LogP contribution in [-0.2, 0) is 4.74 Å². The van der Waals surface area contributed by atoms with Crippen LogP contribution in [0, 0.1) is 0 Å². The molecule has 0 fully saturated rings. The van der Waals surface area contributed by atoms with E-state index in [-0.39, 0.29) is 12.4 Å². The molecule has 1 aromatic rings. The van der Waals surface area contributed by atoms with E-state index in [2.05, 4.69) is 47.1 Å². The average molecular weight is 366 g/mol. The first kappa shape index (κ1) is 14.0. The summed E-state index contributed by atoms with van der Waals surface area (Å²) < 4.78 is 5.92. The number of benzene rings is 1. The van der Waals surface area contributed by atoms with Gasteiger partial charge in [0.2, 0.25) is 0 Å². The van der Waals surface area contributed by atoms with Crippen LogP contribution in [0.1, 0.15) is 12.5 Å². The predicted molar refractivity (Wildman–Crippen MR) is 71.3 cm³/mol. The summed E-state index contributed by atoms with van der Waals surface area (Å²) in [4.78, 5) is 10.9. The van der Waals surface area contributed by atoms with Crippen LogP contribution in [0.15, 0.2) is 26.2 Å². The smallest absolute Gasteiger partial charge is 0.427 e. The second-order valence-corrected chi connectivity index (χ2v) is 4.62. The number of hydrogen-bond acceptors (Lipinski definition) is 4. The first-order valence-electron chi connectivity index (χ1n) is 4.68. The van der Waals surface area contributed by atoms with Crippen molar-refractivity contribution in [2.75, 3.05) is 6.61 Å². The molecule has 0 saturated heterocycles. The van der Waals surface area contributed by atoms with Crippen molar-refractivity contribution in [3.8, 4) is 5.75 Å². The summed E-state index contributed by atoms with van der Waals surface area (Å²) in [5.74, 6) is 0.0887. The third-order valence-electron chi connectivity index (χ3n) is 1.70. The molecule has 0 atom stereocenters. The minimum atomic E-state index is -0.624. The number of nitrogens with one attached hydrogen (secondary N) is 1. The van der Waals surface area contributed by atoms with Gasteiger partial charge in [-0.25, -0.2) is 10.2 Å². The van der Waals surface area contributed by atoms with Crippen molar-refractivity contribution in [1.82, 2.24) is 5.43 Å². The highest BCUT2D eigenvalue weighted by atomic mass is 79.9. The first-order chi connectivity index (χ1) is 8.04. The number of hydrogen-bond donors (Lipinski definition) is 2. The Labute approximate surface area is 115 Å². The molecule has 17 heavy (non-hydrogen) atoms. The fourth-order valence-electron chi connectivity index (χ4n) is 0.971. The molecular weight excluding hydrogens is 356 g/mol. The Morgan fingerprint density at radius 2 is 2.24 bits per heavy atom. The number of ether oxygens (including phenoxy) is 1. The second-order valence-electron chi connectivity index (χ2n) is 2.92. The van der Waals surface area contributed by atoms with Crippen LogP contribution >= 0.6 is 31.9 Å². The van der Waals surface area contributed by atoms with Crippen molar-refractivity contribution in [3.63, 3.8) is 0 Å². The first-order valence-corrected chi connectivity index (χ1v) is 6.27. The number of aromatic hydroxyl groups is 1. The number of amides is 1. The van der Waals surface area contributed by atoms with Gasteiger partial charge in [-0.3, -0.25) is 0 Å². The van der Waals surface area contributed by atoms with Crippen LogP contribution in [0.25, 0.3) is 0 Å². The van der Waals surface area contributed by atoms with Gasteiger partial charge in [-0.2, -0.15) is 5.10 Å². The van der Waals surface area contributed by atoms with Crippen LogP contribution in [0.3, 0.4) is 0 Å². The highest BCUT2D eigenvalue weighted by Crippen LogP contribution is 2.29. The van der Waals surface area contributed by atoms with E-state index in [1.807, 2.05) is 0 Å². The summed E-state index contributed by atoms with van der Waals surface area (Å²) in [6.45, 7) is 1.98. The third-order valence-corrected chi connectivity index (χ3v) is 3.02. The van der Waals surface area contributed by atoms with Crippen molar-refractivity contribution in [3.05, 3.63) is 26.6 Å². The van der Waals surface area contributed by atoms with Crippen LogP contribution in [-0.4, -0.2) is 24.0 Å². The van der Waals surface area contributed by atoms with Crippen molar-refractivity contribution in [2.45, 2.75) is 6.92 Å². The number of phenols is 1. The van der Waals surface area contributed by atoms with Gasteiger partial charge in [0, 0.05) is 10.0 Å². The Bertz CT molecular complexity index is 449. The second kappa shape index (κ2) is 6.61. The summed E-state index contributed by atoms with van der Waals surface area (Å²) in [5.41, 5.74) is 2.81. The topological polar surface area (TPSA) is 70.9 Å². The largest absolute Gasteiger partial charge is 0.507 e. The number of rotatable bonds is 3. The Morgan fingerprint density at radius 1 is 1.53 bits per heavy atom. The zero-order chi connectivity index (χ0) is 12.8. The molecule has 0 aliphatic rings. The van der Waals surface area contributed by atoms with E-state index in [0.29, 0.717) is 10.0 Å². The number of carbonyl (C=O) groups is 1. The summed E-state index contributed by atoms with van der Waals surface area (Å²) in [7, 11) is 0. The lowest BCUT2D eigenvalue weighted by Crippen LogP contribution is -2.18. The molecule has 5 nitrogen and oxygen atoms in total. The zero-order valence-electron chi connectivity index (χ0n) is 8.91. The molecule has 7 heteroatoms. The van der Waals surface area contributed by atoms with E-state index >= 15 is 0 Å². The molecule has 1 aromatic carbocycles. The van der Waals surface area contributed by atoms with Crippen LogP contribution in [0.4, 0.5) is 4.79 Å². The van der Waals surface area contributed by atoms with Crippen LogP contribution in [0.2, 0.25) is 0 Å². The molecule has 92 valence electrons. The summed E-state index contributed by atoms with van der Waals surface area (Å²) >= 11 is 6.48. The van der Waals surface area contributed by atoms with Gasteiger partial charge in [-0.1, -0.05) is 15.9 Å². The standard InChI is InChI=1S/C10H10Br2N2O3/c1-2-17-10(16)14-13-5-6-3-9(15)8(12)4-7(6)11/h3-5,15H,2H2,1H3,(H,14,16)/b13-5-. The molecule has 0 saturated carbocycles. The highest BCUT2D eigenvalue weighted by molar-refractivity contribution is 9.11. The van der Waals surface area contributed by atoms with E-state index < -0.39 is 6.09 Å². The Balaban J connectivity index is 2.71. The maximum Gasteiger partial charge on any atom is 0.427 e. The lowest BCUT2D eigenvalue weighted by Gasteiger charge is -2.02. The van der Waals surface area contributed by atoms with Gasteiger partial charge in [0.25, 0.3) is 0 Å². The fourth-order valence-corrected chi connectivity index (χ4v) is 2.07. The monoisotopic (exact) mass is 364 g/mol. The zero-order valence-corrected chi connectivity index (χ0v) is 12.1. The molecule has 0 heterocycles. The maximum absolute atomic E-state index is 10.9. The molecule has 2 N–H and O–H groups in total. The molecular formula is C10H10Br2N2O3. The van der Waals surface area contributed by atoms with Gasteiger partial charge >= 0.3 is 6.09 Å². The maximum atomic E-state index is 10.9. The third kappa shape index (κ3) is 4.35. The normalized spacial score (nSPS) is 10.5. The van der Waals surface area contributed by atoms with E-state index in [1.54, 1.807) is 13.0 Å². The van der Waals surface area contributed by atoms with Crippen molar-refractivity contribution in [1.29, 1.82) is 0 Å². The molecule has 0 radical (unpaired) electrons. The number of phenolic OH excluding ortho intramolecular Hbond substituents is 1. The lowest BCUT2D eigenvalue weighted by molar-refractivity contribution is 0.152. The van der Waals surface area contributed by atoms with Gasteiger partial charge in [0.1, 0.15) is 5.75 Å². The van der Waals surface area contributed by atoms with Crippen molar-refractivity contribution in [2.24, 2.45) is 5.10 Å². The van der Waals surface area contributed by atoms with E-state index in [9.17, 15) is 9.90 Å². The van der Waals surface area contributed by atoms with Crippen LogP contribution < -0.4 is 5.43 Å². The molecule has 0 aliphatic carbocycles. The number of nitrogens with zero attached hydrogens (tertiary/aromatic N) is 1. The fraction of sp³-hybridized carbons (Fsp3) is 0.200. The predicted octanol–water partition coefficient (Wildman–Crippen LogP) is 3.00. The molecule has 0 spiro atoms. The number of carbonyl (C=O) groups excluding carboxylic acids is 1. The number of halogens is 2. The van der Waals surface area contributed by atoms with Gasteiger partial charge in [-0.15, -0.1) is 0 Å². The minimum absolute atomic E-state index is 0.0887. The average Bonchev–Trinajstić information content (AvgIpc) is 2.26. The van der Waals surface area contributed by atoms with Gasteiger partial charge in [-0.05, 0) is 35.0 Å². The Hall–Kier alpha value is -1.08. The van der Waals surface area contributed by atoms with E-state index in [0.717, 1.165) is 4.47 Å². The van der Waals surface area contributed by atoms with Crippen molar-refractivity contribution < 1.29 is 14.6 Å². The molecule has 1 rings (SSSR count). The molecule has 0 aromatic heterocycles. The van der Waals surface area contributed by atoms with Gasteiger partial charge < -0.3 is 9.84 Å². The molecule has 0 unspecified atom stereocenters. The molecule has 0 aliphatic heterocycles. The summed E-state index contributed by atoms with van der Waals surface area (Å²) in [5, 5.41) is 13.2. The summed E-state index contributed by atoms with van der Waals surface area (Å²) in [6, 6.07) is 3.19. The van der Waals surface area contributed by atoms with Gasteiger partial charge in [0.05, 0.1) is 17.3 Å². The van der Waals surface area contributed by atoms with E-state index in [4.69, 9.17) is 0 Å². The SMILES string of the molecule is CCOC(=O)N/N=C\c1cc(O)c(Br)cc1Br. The highest BCUT2D eigenvalue weighted by Gasteiger charge is 2.04. The quantitative estimate of drug-likeness (QED) is 0.638. The molecule has 0 bridgehead atoms.